The third-order valence-electron chi connectivity index (χ3n) is 0.768. The van der Waals surface area contributed by atoms with Crippen LogP contribution >= 0.6 is 11.6 Å². The van der Waals surface area contributed by atoms with Gasteiger partial charge in [0.05, 0.1) is 19.8 Å². The van der Waals surface area contributed by atoms with Crippen molar-refractivity contribution >= 4 is 17.6 Å². The van der Waals surface area contributed by atoms with E-state index in [1.54, 1.807) is 0 Å². The highest BCUT2D eigenvalue weighted by atomic mass is 35.5. The Bertz CT molecular complexity index is 106. The van der Waals surface area contributed by atoms with E-state index in [1.807, 2.05) is 0 Å². The van der Waals surface area contributed by atoms with Crippen LogP contribution in [0.1, 0.15) is 0 Å². The van der Waals surface area contributed by atoms with Gasteiger partial charge in [0.2, 0.25) is 0 Å². The van der Waals surface area contributed by atoms with Gasteiger partial charge in [-0.25, -0.2) is 0 Å². The van der Waals surface area contributed by atoms with Crippen LogP contribution in [0.25, 0.3) is 0 Å². The van der Waals surface area contributed by atoms with Crippen LogP contribution in [0.3, 0.4) is 0 Å². The zero-order valence-electron chi connectivity index (χ0n) is 5.29. The van der Waals surface area contributed by atoms with E-state index in [-0.39, 0.29) is 19.8 Å². The van der Waals surface area contributed by atoms with Gasteiger partial charge in [-0.2, -0.15) is 0 Å². The second-order valence-electron chi connectivity index (χ2n) is 1.60. The SMILES string of the molecule is O=C(O)C(Cl)COCCO. The molecular formula is C5H9ClO4. The summed E-state index contributed by atoms with van der Waals surface area (Å²) < 4.78 is 4.64. The Morgan fingerprint density at radius 3 is 2.70 bits per heavy atom. The van der Waals surface area contributed by atoms with Crippen LogP contribution in [-0.4, -0.2) is 41.4 Å². The van der Waals surface area contributed by atoms with E-state index in [0.717, 1.165) is 0 Å². The quantitative estimate of drug-likeness (QED) is 0.437. The van der Waals surface area contributed by atoms with E-state index < -0.39 is 11.3 Å². The molecule has 0 fully saturated rings. The summed E-state index contributed by atoms with van der Waals surface area (Å²) in [6, 6.07) is 0. The lowest BCUT2D eigenvalue weighted by molar-refractivity contribution is -0.137. The predicted molar refractivity (Wildman–Crippen MR) is 35.2 cm³/mol. The molecule has 0 rings (SSSR count). The summed E-state index contributed by atoms with van der Waals surface area (Å²) in [5, 5.41) is 15.4. The average Bonchev–Trinajstić information content (AvgIpc) is 1.88. The monoisotopic (exact) mass is 168 g/mol. The predicted octanol–water partition coefficient (Wildman–Crippen LogP) is -0.313. The highest BCUT2D eigenvalue weighted by Crippen LogP contribution is 1.95. The van der Waals surface area contributed by atoms with Crippen molar-refractivity contribution in [2.45, 2.75) is 5.38 Å². The molecule has 0 aromatic carbocycles. The number of carboxylic acid groups (broad SMARTS) is 1. The highest BCUT2D eigenvalue weighted by molar-refractivity contribution is 6.29. The molecule has 0 spiro atoms. The first-order chi connectivity index (χ1) is 4.68. The first kappa shape index (κ1) is 9.68. The fourth-order valence-electron chi connectivity index (χ4n) is 0.323. The molecule has 0 heterocycles. The minimum absolute atomic E-state index is 0.0720. The zero-order valence-corrected chi connectivity index (χ0v) is 6.04. The number of carbonyl (C=O) groups is 1. The van der Waals surface area contributed by atoms with Crippen LogP contribution in [-0.2, 0) is 9.53 Å². The first-order valence-corrected chi connectivity index (χ1v) is 3.17. The number of ether oxygens (including phenoxy) is 1. The molecule has 5 heteroatoms. The Labute approximate surface area is 63.4 Å². The van der Waals surface area contributed by atoms with Crippen molar-refractivity contribution in [3.8, 4) is 0 Å². The molecule has 0 bridgehead atoms. The molecule has 2 N–H and O–H groups in total. The zero-order chi connectivity index (χ0) is 7.98. The molecule has 1 atom stereocenters. The van der Waals surface area contributed by atoms with Crippen molar-refractivity contribution in [3.63, 3.8) is 0 Å². The molecule has 0 aliphatic rings. The lowest BCUT2D eigenvalue weighted by Crippen LogP contribution is -2.20. The van der Waals surface area contributed by atoms with Crippen molar-refractivity contribution in [2.24, 2.45) is 0 Å². The van der Waals surface area contributed by atoms with E-state index >= 15 is 0 Å². The summed E-state index contributed by atoms with van der Waals surface area (Å²) in [4.78, 5) is 10.0. The summed E-state index contributed by atoms with van der Waals surface area (Å²) in [7, 11) is 0. The standard InChI is InChI=1S/C5H9ClO4/c6-4(5(8)9)3-10-2-1-7/h4,7H,1-3H2,(H,8,9). The van der Waals surface area contributed by atoms with Crippen LogP contribution in [0.5, 0.6) is 0 Å². The van der Waals surface area contributed by atoms with E-state index in [9.17, 15) is 4.79 Å². The maximum absolute atomic E-state index is 10.0. The molecule has 1 unspecified atom stereocenters. The highest BCUT2D eigenvalue weighted by Gasteiger charge is 2.12. The molecule has 0 saturated heterocycles. The molecule has 0 aromatic heterocycles. The minimum Gasteiger partial charge on any atom is -0.480 e. The molecule has 0 aliphatic heterocycles. The van der Waals surface area contributed by atoms with Gasteiger partial charge in [0.1, 0.15) is 0 Å². The fraction of sp³-hybridized carbons (Fsp3) is 0.800. The Hall–Kier alpha value is -0.320. The van der Waals surface area contributed by atoms with Crippen molar-refractivity contribution in [1.82, 2.24) is 0 Å². The number of alkyl halides is 1. The van der Waals surface area contributed by atoms with Crippen LogP contribution < -0.4 is 0 Å². The van der Waals surface area contributed by atoms with E-state index in [2.05, 4.69) is 4.74 Å². The van der Waals surface area contributed by atoms with Gasteiger partial charge in [0, 0.05) is 0 Å². The number of halogens is 1. The molecule has 4 nitrogen and oxygen atoms in total. The lowest BCUT2D eigenvalue weighted by atomic mass is 10.4. The van der Waals surface area contributed by atoms with Crippen molar-refractivity contribution in [2.75, 3.05) is 19.8 Å². The molecular weight excluding hydrogens is 160 g/mol. The number of hydrogen-bond donors (Lipinski definition) is 2. The number of carboxylic acids is 1. The summed E-state index contributed by atoms with van der Waals surface area (Å²) in [6.07, 6.45) is 0. The van der Waals surface area contributed by atoms with Crippen molar-refractivity contribution < 1.29 is 19.7 Å². The molecule has 10 heavy (non-hydrogen) atoms. The topological polar surface area (TPSA) is 66.8 Å². The smallest absolute Gasteiger partial charge is 0.324 e. The molecule has 0 aromatic rings. The normalized spacial score (nSPS) is 13.0. The van der Waals surface area contributed by atoms with Crippen LogP contribution in [0.15, 0.2) is 0 Å². The van der Waals surface area contributed by atoms with Gasteiger partial charge >= 0.3 is 5.97 Å². The molecule has 0 radical (unpaired) electrons. The Morgan fingerprint density at radius 1 is 1.70 bits per heavy atom. The maximum Gasteiger partial charge on any atom is 0.324 e. The lowest BCUT2D eigenvalue weighted by Gasteiger charge is -2.03. The molecule has 0 aliphatic carbocycles. The van der Waals surface area contributed by atoms with E-state index in [1.165, 1.54) is 0 Å². The number of aliphatic hydroxyl groups is 1. The summed E-state index contributed by atoms with van der Waals surface area (Å²) >= 11 is 5.25. The fourth-order valence-corrected chi connectivity index (χ4v) is 0.412. The Balaban J connectivity index is 3.21. The third-order valence-corrected chi connectivity index (χ3v) is 1.08. The van der Waals surface area contributed by atoms with Gasteiger partial charge in [0.15, 0.2) is 5.38 Å². The van der Waals surface area contributed by atoms with Gasteiger partial charge in [0.25, 0.3) is 0 Å². The van der Waals surface area contributed by atoms with Crippen molar-refractivity contribution in [1.29, 1.82) is 0 Å². The summed E-state index contributed by atoms with van der Waals surface area (Å²) in [5.74, 6) is -1.11. The van der Waals surface area contributed by atoms with Crippen LogP contribution in [0, 0.1) is 0 Å². The average molecular weight is 169 g/mol. The van der Waals surface area contributed by atoms with E-state index in [0.29, 0.717) is 0 Å². The number of hydrogen-bond acceptors (Lipinski definition) is 3. The van der Waals surface area contributed by atoms with Gasteiger partial charge in [-0.05, 0) is 0 Å². The van der Waals surface area contributed by atoms with Gasteiger partial charge in [-0.1, -0.05) is 0 Å². The molecule has 60 valence electrons. The number of aliphatic carboxylic acids is 1. The van der Waals surface area contributed by atoms with Gasteiger partial charge < -0.3 is 14.9 Å². The van der Waals surface area contributed by atoms with Gasteiger partial charge in [-0.15, -0.1) is 11.6 Å². The van der Waals surface area contributed by atoms with Crippen molar-refractivity contribution in [3.05, 3.63) is 0 Å². The summed E-state index contributed by atoms with van der Waals surface area (Å²) in [5.41, 5.74) is 0. The number of rotatable bonds is 5. The first-order valence-electron chi connectivity index (χ1n) is 2.74. The minimum atomic E-state index is -1.11. The second-order valence-corrected chi connectivity index (χ2v) is 2.13. The molecule has 0 amide bonds. The Kier molecular flexibility index (Phi) is 5.29. The van der Waals surface area contributed by atoms with Gasteiger partial charge in [-0.3, -0.25) is 4.79 Å². The van der Waals surface area contributed by atoms with Crippen LogP contribution in [0.4, 0.5) is 0 Å². The molecule has 0 saturated carbocycles. The number of aliphatic hydroxyl groups excluding tert-OH is 1. The summed E-state index contributed by atoms with van der Waals surface area (Å²) in [6.45, 7) is -0.0722. The Morgan fingerprint density at radius 2 is 2.30 bits per heavy atom. The van der Waals surface area contributed by atoms with Crippen LogP contribution in [0.2, 0.25) is 0 Å². The maximum atomic E-state index is 10.0. The third kappa shape index (κ3) is 4.55. The van der Waals surface area contributed by atoms with E-state index in [4.69, 9.17) is 21.8 Å². The largest absolute Gasteiger partial charge is 0.480 e. The second kappa shape index (κ2) is 5.46.